The average Bonchev–Trinajstić information content (AvgIpc) is 2.28. The van der Waals surface area contributed by atoms with E-state index in [4.69, 9.17) is 0 Å². The first kappa shape index (κ1) is 14.4. The minimum absolute atomic E-state index is 0.0564. The maximum atomic E-state index is 12.1. The normalized spacial score (nSPS) is 11.1. The van der Waals surface area contributed by atoms with Crippen LogP contribution in [-0.2, 0) is 4.79 Å². The number of carbonyl (C=O) groups is 2. The highest BCUT2D eigenvalue weighted by Crippen LogP contribution is 2.27. The summed E-state index contributed by atoms with van der Waals surface area (Å²) in [5.74, 6) is 0.146. The molecule has 1 aromatic carbocycles. The monoisotopic (exact) mass is 247 g/mol. The Morgan fingerprint density at radius 1 is 1.06 bits per heavy atom. The zero-order chi connectivity index (χ0) is 13.8. The smallest absolute Gasteiger partial charge is 0.222 e. The van der Waals surface area contributed by atoms with Gasteiger partial charge >= 0.3 is 0 Å². The number of ketones is 1. The van der Waals surface area contributed by atoms with Crippen LogP contribution in [0.2, 0.25) is 0 Å². The third-order valence-corrected chi connectivity index (χ3v) is 2.86. The molecule has 1 aromatic rings. The number of benzene rings is 1. The van der Waals surface area contributed by atoms with Crippen LogP contribution in [0.3, 0.4) is 0 Å². The van der Waals surface area contributed by atoms with Crippen molar-refractivity contribution in [2.24, 2.45) is 5.41 Å². The molecule has 0 N–H and O–H groups in total. The number of carbonyl (C=O) groups excluding carboxylic acids is 2. The fourth-order valence-electron chi connectivity index (χ4n) is 1.79. The van der Waals surface area contributed by atoms with Crippen LogP contribution in [0, 0.1) is 5.41 Å². The lowest BCUT2D eigenvalue weighted by Gasteiger charge is -2.24. The lowest BCUT2D eigenvalue weighted by molar-refractivity contribution is -0.130. The van der Waals surface area contributed by atoms with Crippen LogP contribution in [0.4, 0.5) is 0 Å². The summed E-state index contributed by atoms with van der Waals surface area (Å²) in [6.07, 6.45) is 0.773. The molecule has 0 aliphatic rings. The fourth-order valence-corrected chi connectivity index (χ4v) is 1.79. The van der Waals surface area contributed by atoms with Crippen molar-refractivity contribution in [3.8, 4) is 0 Å². The lowest BCUT2D eigenvalue weighted by atomic mass is 9.82. The third-order valence-electron chi connectivity index (χ3n) is 2.86. The molecule has 0 bridgehead atoms. The second-order valence-corrected chi connectivity index (χ2v) is 5.60. The molecule has 0 aliphatic heterocycles. The average molecular weight is 247 g/mol. The van der Waals surface area contributed by atoms with E-state index < -0.39 is 0 Å². The van der Waals surface area contributed by atoms with Crippen LogP contribution >= 0.6 is 0 Å². The molecular weight excluding hydrogens is 226 g/mol. The summed E-state index contributed by atoms with van der Waals surface area (Å²) >= 11 is 0. The molecular formula is C15H21NO2. The summed E-state index contributed by atoms with van der Waals surface area (Å²) in [6.45, 7) is 3.91. The molecule has 0 heterocycles. The fraction of sp³-hybridized carbons (Fsp3) is 0.467. The number of nitrogens with zero attached hydrogens (tertiary/aromatic N) is 1. The summed E-state index contributed by atoms with van der Waals surface area (Å²) < 4.78 is 0. The molecule has 98 valence electrons. The van der Waals surface area contributed by atoms with Crippen LogP contribution in [0.15, 0.2) is 30.3 Å². The zero-order valence-electron chi connectivity index (χ0n) is 11.6. The van der Waals surface area contributed by atoms with E-state index in [0.29, 0.717) is 18.4 Å². The first-order valence-electron chi connectivity index (χ1n) is 6.10. The van der Waals surface area contributed by atoms with Gasteiger partial charge in [0, 0.05) is 32.5 Å². The molecule has 0 saturated carbocycles. The van der Waals surface area contributed by atoms with E-state index in [9.17, 15) is 9.59 Å². The van der Waals surface area contributed by atoms with E-state index >= 15 is 0 Å². The van der Waals surface area contributed by atoms with Gasteiger partial charge in [0.1, 0.15) is 0 Å². The number of hydrogen-bond acceptors (Lipinski definition) is 2. The van der Waals surface area contributed by atoms with Crippen molar-refractivity contribution in [1.29, 1.82) is 0 Å². The van der Waals surface area contributed by atoms with Gasteiger partial charge in [0.05, 0.1) is 0 Å². The third kappa shape index (κ3) is 4.32. The van der Waals surface area contributed by atoms with Gasteiger partial charge in [0.25, 0.3) is 0 Å². The molecule has 0 radical (unpaired) electrons. The SMILES string of the molecule is CN(C)C(=O)CC(C)(C)CC(=O)c1ccccc1. The highest BCUT2D eigenvalue weighted by molar-refractivity contribution is 5.96. The van der Waals surface area contributed by atoms with Gasteiger partial charge in [-0.15, -0.1) is 0 Å². The van der Waals surface area contributed by atoms with Crippen LogP contribution in [0.1, 0.15) is 37.0 Å². The number of amides is 1. The molecule has 1 rings (SSSR count). The number of hydrogen-bond donors (Lipinski definition) is 0. The Balaban J connectivity index is 2.66. The van der Waals surface area contributed by atoms with Gasteiger partial charge in [-0.05, 0) is 5.41 Å². The summed E-state index contributed by atoms with van der Waals surface area (Å²) in [5.41, 5.74) is 0.400. The molecule has 0 aromatic heterocycles. The zero-order valence-corrected chi connectivity index (χ0v) is 11.6. The largest absolute Gasteiger partial charge is 0.349 e. The molecule has 18 heavy (non-hydrogen) atoms. The summed E-state index contributed by atoms with van der Waals surface area (Å²) in [5, 5.41) is 0. The maximum absolute atomic E-state index is 12.1. The molecule has 0 fully saturated rings. The number of Topliss-reactive ketones (excluding diaryl/α,β-unsaturated/α-hetero) is 1. The molecule has 0 spiro atoms. The Morgan fingerprint density at radius 3 is 2.11 bits per heavy atom. The van der Waals surface area contributed by atoms with Crippen molar-refractivity contribution in [3.63, 3.8) is 0 Å². The minimum atomic E-state index is -0.311. The summed E-state index contributed by atoms with van der Waals surface area (Å²) in [7, 11) is 3.47. The molecule has 1 amide bonds. The van der Waals surface area contributed by atoms with Gasteiger partial charge < -0.3 is 4.90 Å². The van der Waals surface area contributed by atoms with E-state index in [2.05, 4.69) is 0 Å². The summed E-state index contributed by atoms with van der Waals surface area (Å²) in [6, 6.07) is 9.21. The van der Waals surface area contributed by atoms with E-state index in [-0.39, 0.29) is 17.1 Å². The van der Waals surface area contributed by atoms with Gasteiger partial charge in [-0.3, -0.25) is 9.59 Å². The summed E-state index contributed by atoms with van der Waals surface area (Å²) in [4.78, 5) is 25.3. The lowest BCUT2D eigenvalue weighted by Crippen LogP contribution is -2.29. The molecule has 0 unspecified atom stereocenters. The van der Waals surface area contributed by atoms with Gasteiger partial charge in [-0.25, -0.2) is 0 Å². The van der Waals surface area contributed by atoms with Gasteiger partial charge in [0.2, 0.25) is 5.91 Å². The van der Waals surface area contributed by atoms with Gasteiger partial charge in [-0.1, -0.05) is 44.2 Å². The van der Waals surface area contributed by atoms with Crippen LogP contribution in [0.5, 0.6) is 0 Å². The highest BCUT2D eigenvalue weighted by Gasteiger charge is 2.26. The van der Waals surface area contributed by atoms with Crippen molar-refractivity contribution in [2.75, 3.05) is 14.1 Å². The topological polar surface area (TPSA) is 37.4 Å². The van der Waals surface area contributed by atoms with Crippen LogP contribution < -0.4 is 0 Å². The van der Waals surface area contributed by atoms with Gasteiger partial charge in [-0.2, -0.15) is 0 Å². The van der Waals surface area contributed by atoms with Crippen molar-refractivity contribution in [3.05, 3.63) is 35.9 Å². The predicted octanol–water partition coefficient (Wildman–Crippen LogP) is 2.76. The van der Waals surface area contributed by atoms with Crippen molar-refractivity contribution in [1.82, 2.24) is 4.90 Å². The first-order valence-corrected chi connectivity index (χ1v) is 6.10. The van der Waals surface area contributed by atoms with Crippen molar-refractivity contribution >= 4 is 11.7 Å². The molecule has 0 atom stereocenters. The second-order valence-electron chi connectivity index (χ2n) is 5.60. The molecule has 3 heteroatoms. The standard InChI is InChI=1S/C15H21NO2/c1-15(2,11-14(18)16(3)4)10-13(17)12-8-6-5-7-9-12/h5-9H,10-11H2,1-4H3. The molecule has 0 saturated heterocycles. The Hall–Kier alpha value is -1.64. The van der Waals surface area contributed by atoms with E-state index in [1.807, 2.05) is 44.2 Å². The Morgan fingerprint density at radius 2 is 1.61 bits per heavy atom. The predicted molar refractivity (Wildman–Crippen MR) is 72.5 cm³/mol. The Bertz CT molecular complexity index is 421. The quantitative estimate of drug-likeness (QED) is 0.750. The highest BCUT2D eigenvalue weighted by atomic mass is 16.2. The van der Waals surface area contributed by atoms with Crippen LogP contribution in [-0.4, -0.2) is 30.7 Å². The van der Waals surface area contributed by atoms with E-state index in [0.717, 1.165) is 0 Å². The maximum Gasteiger partial charge on any atom is 0.222 e. The molecule has 0 aliphatic carbocycles. The van der Waals surface area contributed by atoms with Gasteiger partial charge in [0.15, 0.2) is 5.78 Å². The minimum Gasteiger partial charge on any atom is -0.349 e. The van der Waals surface area contributed by atoms with E-state index in [1.54, 1.807) is 19.0 Å². The van der Waals surface area contributed by atoms with Crippen LogP contribution in [0.25, 0.3) is 0 Å². The number of rotatable bonds is 5. The Labute approximate surface area is 109 Å². The first-order chi connectivity index (χ1) is 8.32. The van der Waals surface area contributed by atoms with E-state index in [1.165, 1.54) is 0 Å². The van der Waals surface area contributed by atoms with Crippen molar-refractivity contribution < 1.29 is 9.59 Å². The Kier molecular flexibility index (Phi) is 4.65. The second kappa shape index (κ2) is 5.80. The molecule has 3 nitrogen and oxygen atoms in total. The van der Waals surface area contributed by atoms with Crippen molar-refractivity contribution in [2.45, 2.75) is 26.7 Å².